The van der Waals surface area contributed by atoms with Crippen LogP contribution in [0.15, 0.2) is 66.7 Å². The third-order valence-corrected chi connectivity index (χ3v) is 8.60. The van der Waals surface area contributed by atoms with Crippen LogP contribution in [0.3, 0.4) is 0 Å². The van der Waals surface area contributed by atoms with Gasteiger partial charge in [-0.1, -0.05) is 48.5 Å². The van der Waals surface area contributed by atoms with Crippen molar-refractivity contribution in [2.24, 2.45) is 0 Å². The van der Waals surface area contributed by atoms with E-state index in [9.17, 15) is 9.59 Å². The topological polar surface area (TPSA) is 53.1 Å². The predicted molar refractivity (Wildman–Crippen MR) is 136 cm³/mol. The Morgan fingerprint density at radius 1 is 0.941 bits per heavy atom. The number of rotatable bonds is 3. The van der Waals surface area contributed by atoms with Crippen molar-refractivity contribution < 1.29 is 14.3 Å². The normalized spacial score (nSPS) is 27.2. The lowest BCUT2D eigenvalue weighted by Gasteiger charge is -2.41. The average Bonchev–Trinajstić information content (AvgIpc) is 3.31. The van der Waals surface area contributed by atoms with E-state index in [1.165, 1.54) is 11.8 Å². The molecule has 3 atom stereocenters. The van der Waals surface area contributed by atoms with Crippen molar-refractivity contribution >= 4 is 45.7 Å². The molecule has 6 nitrogen and oxygen atoms in total. The number of benzene rings is 3. The van der Waals surface area contributed by atoms with E-state index in [0.29, 0.717) is 19.9 Å². The summed E-state index contributed by atoms with van der Waals surface area (Å²) in [5.41, 5.74) is 2.52. The van der Waals surface area contributed by atoms with Gasteiger partial charge in [0.2, 0.25) is 10.8 Å². The Balaban J connectivity index is 1.45. The number of amides is 2. The second kappa shape index (κ2) is 8.12. The first-order chi connectivity index (χ1) is 16.5. The van der Waals surface area contributed by atoms with Crippen molar-refractivity contribution in [3.63, 3.8) is 0 Å². The SMILES string of the molecule is C[C@@H]1COC[C@H](C)N1CN1C(=O)[C@@]2(SCC(=O)N2c2ccc3ccccc3c2)c2ccccc21. The second-order valence-electron chi connectivity index (χ2n) is 9.33. The van der Waals surface area contributed by atoms with Crippen molar-refractivity contribution in [2.75, 3.05) is 35.4 Å². The van der Waals surface area contributed by atoms with Gasteiger partial charge in [0.1, 0.15) is 0 Å². The number of thioether (sulfide) groups is 1. The van der Waals surface area contributed by atoms with Gasteiger partial charge in [-0.3, -0.25) is 24.3 Å². The molecule has 2 fully saturated rings. The highest BCUT2D eigenvalue weighted by atomic mass is 32.2. The van der Waals surface area contributed by atoms with Crippen LogP contribution >= 0.6 is 11.8 Å². The van der Waals surface area contributed by atoms with E-state index in [1.54, 1.807) is 4.90 Å². The summed E-state index contributed by atoms with van der Waals surface area (Å²) in [6, 6.07) is 22.4. The summed E-state index contributed by atoms with van der Waals surface area (Å²) < 4.78 is 5.70. The summed E-state index contributed by atoms with van der Waals surface area (Å²) in [6.07, 6.45) is 0. The molecule has 3 aliphatic rings. The lowest BCUT2D eigenvalue weighted by molar-refractivity contribution is -0.124. The summed E-state index contributed by atoms with van der Waals surface area (Å²) in [5.74, 6) is 0.174. The molecule has 0 aromatic heterocycles. The Hall–Kier alpha value is -2.87. The van der Waals surface area contributed by atoms with Crippen LogP contribution < -0.4 is 9.80 Å². The minimum Gasteiger partial charge on any atom is -0.378 e. The van der Waals surface area contributed by atoms with E-state index in [-0.39, 0.29) is 29.7 Å². The first-order valence-corrected chi connectivity index (χ1v) is 12.7. The standard InChI is InChI=1S/C27H27N3O3S/c1-18-14-33-15-19(2)28(18)17-29-24-10-6-5-9-23(24)27(26(29)32)30(25(31)16-34-27)22-12-11-20-7-3-4-8-21(20)13-22/h3-13,18-19H,14-17H2,1-2H3/t18-,19+,27-/m0/s1. The molecule has 6 rings (SSSR count). The monoisotopic (exact) mass is 473 g/mol. The molecule has 0 bridgehead atoms. The largest absolute Gasteiger partial charge is 0.378 e. The predicted octanol–water partition coefficient (Wildman–Crippen LogP) is 4.19. The van der Waals surface area contributed by atoms with Crippen LogP contribution in [0.1, 0.15) is 19.4 Å². The second-order valence-corrected chi connectivity index (χ2v) is 10.5. The number of morpholine rings is 1. The number of hydrogen-bond donors (Lipinski definition) is 0. The minimum absolute atomic E-state index is 0.0432. The average molecular weight is 474 g/mol. The summed E-state index contributed by atoms with van der Waals surface area (Å²) in [7, 11) is 0. The number of fused-ring (bicyclic) bond motifs is 3. The Bertz CT molecular complexity index is 1290. The highest BCUT2D eigenvalue weighted by Crippen LogP contribution is 2.55. The molecule has 3 aromatic rings. The smallest absolute Gasteiger partial charge is 0.269 e. The maximum Gasteiger partial charge on any atom is 0.269 e. The van der Waals surface area contributed by atoms with E-state index < -0.39 is 4.87 Å². The lowest BCUT2D eigenvalue weighted by atomic mass is 10.0. The maximum absolute atomic E-state index is 14.3. The molecule has 3 aromatic carbocycles. The zero-order valence-corrected chi connectivity index (χ0v) is 20.1. The van der Waals surface area contributed by atoms with Gasteiger partial charge < -0.3 is 4.74 Å². The summed E-state index contributed by atoms with van der Waals surface area (Å²) in [5, 5.41) is 2.15. The van der Waals surface area contributed by atoms with Crippen LogP contribution in [0.4, 0.5) is 11.4 Å². The molecule has 1 spiro atoms. The molecule has 3 heterocycles. The lowest BCUT2D eigenvalue weighted by Crippen LogP contribution is -2.56. The molecule has 0 aliphatic carbocycles. The fourth-order valence-electron chi connectivity index (χ4n) is 5.49. The number of ether oxygens (including phenoxy) is 1. The fraction of sp³-hybridized carbons (Fsp3) is 0.333. The van der Waals surface area contributed by atoms with Crippen LogP contribution in [0.5, 0.6) is 0 Å². The number of para-hydroxylation sites is 1. The summed E-state index contributed by atoms with van der Waals surface area (Å²) in [6.45, 7) is 6.04. The van der Waals surface area contributed by atoms with Crippen LogP contribution in [-0.2, 0) is 19.2 Å². The van der Waals surface area contributed by atoms with Crippen molar-refractivity contribution in [2.45, 2.75) is 30.8 Å². The molecule has 0 saturated carbocycles. The van der Waals surface area contributed by atoms with Crippen molar-refractivity contribution in [3.05, 3.63) is 72.3 Å². The van der Waals surface area contributed by atoms with Gasteiger partial charge in [0, 0.05) is 23.3 Å². The van der Waals surface area contributed by atoms with Gasteiger partial charge >= 0.3 is 0 Å². The van der Waals surface area contributed by atoms with Gasteiger partial charge in [-0.25, -0.2) is 0 Å². The van der Waals surface area contributed by atoms with Crippen molar-refractivity contribution in [3.8, 4) is 0 Å². The molecule has 2 amide bonds. The number of carbonyl (C=O) groups is 2. The van der Waals surface area contributed by atoms with Gasteiger partial charge in [-0.15, -0.1) is 11.8 Å². The zero-order valence-electron chi connectivity index (χ0n) is 19.3. The quantitative estimate of drug-likeness (QED) is 0.571. The first kappa shape index (κ1) is 21.6. The van der Waals surface area contributed by atoms with E-state index >= 15 is 0 Å². The molecule has 174 valence electrons. The third-order valence-electron chi connectivity index (χ3n) is 7.21. The Morgan fingerprint density at radius 2 is 1.65 bits per heavy atom. The van der Waals surface area contributed by atoms with Crippen molar-refractivity contribution in [1.82, 2.24) is 4.90 Å². The van der Waals surface area contributed by atoms with E-state index in [2.05, 4.69) is 24.8 Å². The molecule has 7 heteroatoms. The maximum atomic E-state index is 14.3. The third kappa shape index (κ3) is 3.11. The number of hydrogen-bond acceptors (Lipinski definition) is 5. The van der Waals surface area contributed by atoms with Crippen molar-refractivity contribution in [1.29, 1.82) is 0 Å². The molecule has 3 aliphatic heterocycles. The molecular weight excluding hydrogens is 446 g/mol. The van der Waals surface area contributed by atoms with Gasteiger partial charge in [0.15, 0.2) is 0 Å². The summed E-state index contributed by atoms with van der Waals surface area (Å²) >= 11 is 1.43. The van der Waals surface area contributed by atoms with Crippen LogP contribution in [0.2, 0.25) is 0 Å². The Kier molecular flexibility index (Phi) is 5.17. The first-order valence-electron chi connectivity index (χ1n) is 11.7. The highest BCUT2D eigenvalue weighted by Gasteiger charge is 2.61. The van der Waals surface area contributed by atoms with E-state index in [4.69, 9.17) is 4.74 Å². The number of nitrogens with zero attached hydrogens (tertiary/aromatic N) is 3. The van der Waals surface area contributed by atoms with Gasteiger partial charge in [0.05, 0.1) is 31.3 Å². The van der Waals surface area contributed by atoms with Gasteiger partial charge in [-0.05, 0) is 42.8 Å². The highest BCUT2D eigenvalue weighted by molar-refractivity contribution is 8.02. The molecule has 0 unspecified atom stereocenters. The molecule has 0 N–H and O–H groups in total. The summed E-state index contributed by atoms with van der Waals surface area (Å²) in [4.78, 5) is 32.5. The fourth-order valence-corrected chi connectivity index (χ4v) is 6.85. The van der Waals surface area contributed by atoms with Gasteiger partial charge in [0.25, 0.3) is 5.91 Å². The van der Waals surface area contributed by atoms with Gasteiger partial charge in [-0.2, -0.15) is 0 Å². The Morgan fingerprint density at radius 3 is 2.44 bits per heavy atom. The number of anilines is 2. The van der Waals surface area contributed by atoms with Crippen LogP contribution in [0.25, 0.3) is 10.8 Å². The number of carbonyl (C=O) groups excluding carboxylic acids is 2. The van der Waals surface area contributed by atoms with E-state index in [0.717, 1.165) is 27.7 Å². The zero-order chi connectivity index (χ0) is 23.4. The molecule has 2 saturated heterocycles. The molecular formula is C27H27N3O3S. The molecule has 34 heavy (non-hydrogen) atoms. The minimum atomic E-state index is -1.09. The van der Waals surface area contributed by atoms with Crippen LogP contribution in [-0.4, -0.2) is 54.4 Å². The van der Waals surface area contributed by atoms with Crippen LogP contribution in [0, 0.1) is 0 Å². The Labute approximate surface area is 203 Å². The van der Waals surface area contributed by atoms with E-state index in [1.807, 2.05) is 65.6 Å². The molecule has 0 radical (unpaired) electrons.